The molecule has 1 fully saturated rings. The highest BCUT2D eigenvalue weighted by Gasteiger charge is 2.26. The first-order valence-corrected chi connectivity index (χ1v) is 7.76. The van der Waals surface area contributed by atoms with Gasteiger partial charge in [0.2, 0.25) is 0 Å². The van der Waals surface area contributed by atoms with Crippen LogP contribution in [0.4, 0.5) is 0 Å². The molecule has 2 nitrogen and oxygen atoms in total. The molecule has 19 heavy (non-hydrogen) atoms. The summed E-state index contributed by atoms with van der Waals surface area (Å²) in [4.78, 5) is 0. The molecule has 4 heteroatoms. The summed E-state index contributed by atoms with van der Waals surface area (Å²) < 4.78 is 0. The summed E-state index contributed by atoms with van der Waals surface area (Å²) in [7, 11) is 0. The van der Waals surface area contributed by atoms with Crippen LogP contribution in [0, 0.1) is 11.8 Å². The average Bonchev–Trinajstić information content (AvgIpc) is 2.40. The van der Waals surface area contributed by atoms with Gasteiger partial charge in [0.05, 0.1) is 10.0 Å². The van der Waals surface area contributed by atoms with E-state index in [4.69, 9.17) is 29.0 Å². The minimum atomic E-state index is 0.277. The normalized spacial score (nSPS) is 25.3. The molecule has 0 heterocycles. The number of hydrogen-bond acceptors (Lipinski definition) is 2. The van der Waals surface area contributed by atoms with Crippen LogP contribution in [-0.2, 0) is 6.42 Å². The summed E-state index contributed by atoms with van der Waals surface area (Å²) in [5.74, 6) is 7.18. The first-order valence-electron chi connectivity index (χ1n) is 7.00. The van der Waals surface area contributed by atoms with Gasteiger partial charge in [-0.1, -0.05) is 55.1 Å². The molecule has 0 aliphatic heterocycles. The fraction of sp³-hybridized carbons (Fsp3) is 0.600. The van der Waals surface area contributed by atoms with Crippen LogP contribution in [0.3, 0.4) is 0 Å². The van der Waals surface area contributed by atoms with Crippen molar-refractivity contribution in [1.82, 2.24) is 5.43 Å². The number of halogens is 2. The largest absolute Gasteiger partial charge is 0.271 e. The Kier molecular flexibility index (Phi) is 5.52. The Morgan fingerprint density at radius 3 is 2.84 bits per heavy atom. The SMILES string of the molecule is CC1CCCC(C(Cc2cccc(Cl)c2Cl)NN)C1. The molecular weight excluding hydrogens is 279 g/mol. The zero-order chi connectivity index (χ0) is 13.8. The van der Waals surface area contributed by atoms with E-state index < -0.39 is 0 Å². The van der Waals surface area contributed by atoms with Crippen LogP contribution in [0.1, 0.15) is 38.2 Å². The van der Waals surface area contributed by atoms with Crippen molar-refractivity contribution in [3.63, 3.8) is 0 Å². The first kappa shape index (κ1) is 15.1. The standard InChI is InChI=1S/C15H22Cl2N2/c1-10-4-2-5-11(8-10)14(19-18)9-12-6-3-7-13(16)15(12)17/h3,6-7,10-11,14,19H,2,4-5,8-9,18H2,1H3. The average molecular weight is 301 g/mol. The number of nitrogens with one attached hydrogen (secondary N) is 1. The second kappa shape index (κ2) is 6.94. The molecule has 1 aromatic rings. The Morgan fingerprint density at radius 1 is 1.37 bits per heavy atom. The van der Waals surface area contributed by atoms with E-state index in [0.717, 1.165) is 17.9 Å². The van der Waals surface area contributed by atoms with Crippen molar-refractivity contribution < 1.29 is 0 Å². The number of rotatable bonds is 4. The van der Waals surface area contributed by atoms with E-state index in [2.05, 4.69) is 12.3 Å². The molecule has 0 spiro atoms. The van der Waals surface area contributed by atoms with Gasteiger partial charge in [0, 0.05) is 6.04 Å². The highest BCUT2D eigenvalue weighted by Crippen LogP contribution is 2.33. The minimum Gasteiger partial charge on any atom is -0.271 e. The maximum Gasteiger partial charge on any atom is 0.0624 e. The highest BCUT2D eigenvalue weighted by molar-refractivity contribution is 6.42. The maximum atomic E-state index is 6.26. The van der Waals surface area contributed by atoms with Crippen molar-refractivity contribution in [2.45, 2.75) is 45.1 Å². The maximum absolute atomic E-state index is 6.26. The van der Waals surface area contributed by atoms with Crippen LogP contribution in [0.5, 0.6) is 0 Å². The van der Waals surface area contributed by atoms with Crippen molar-refractivity contribution in [3.05, 3.63) is 33.8 Å². The smallest absolute Gasteiger partial charge is 0.0624 e. The van der Waals surface area contributed by atoms with Crippen molar-refractivity contribution in [2.24, 2.45) is 17.7 Å². The Hall–Kier alpha value is -0.280. The van der Waals surface area contributed by atoms with E-state index in [1.165, 1.54) is 25.7 Å². The molecule has 0 radical (unpaired) electrons. The molecule has 0 bridgehead atoms. The third-order valence-corrected chi connectivity index (χ3v) is 5.09. The van der Waals surface area contributed by atoms with Gasteiger partial charge in [0.25, 0.3) is 0 Å². The van der Waals surface area contributed by atoms with Gasteiger partial charge >= 0.3 is 0 Å². The van der Waals surface area contributed by atoms with Gasteiger partial charge in [-0.15, -0.1) is 0 Å². The van der Waals surface area contributed by atoms with E-state index in [-0.39, 0.29) is 6.04 Å². The van der Waals surface area contributed by atoms with E-state index in [0.29, 0.717) is 16.0 Å². The lowest BCUT2D eigenvalue weighted by molar-refractivity contribution is 0.222. The van der Waals surface area contributed by atoms with Crippen LogP contribution >= 0.6 is 23.2 Å². The predicted molar refractivity (Wildman–Crippen MR) is 82.4 cm³/mol. The molecule has 0 aromatic heterocycles. The number of hydrogen-bond donors (Lipinski definition) is 2. The topological polar surface area (TPSA) is 38.0 Å². The summed E-state index contributed by atoms with van der Waals surface area (Å²) in [6, 6.07) is 6.07. The molecule has 1 aliphatic rings. The summed E-state index contributed by atoms with van der Waals surface area (Å²) >= 11 is 12.3. The van der Waals surface area contributed by atoms with Gasteiger partial charge in [-0.25, -0.2) is 0 Å². The number of benzene rings is 1. The third-order valence-electron chi connectivity index (χ3n) is 4.23. The number of hydrazine groups is 1. The molecule has 106 valence electrons. The lowest BCUT2D eigenvalue weighted by Crippen LogP contribution is -2.44. The highest BCUT2D eigenvalue weighted by atomic mass is 35.5. The fourth-order valence-electron chi connectivity index (χ4n) is 3.15. The fourth-order valence-corrected chi connectivity index (χ4v) is 3.55. The number of nitrogens with two attached hydrogens (primary N) is 1. The summed E-state index contributed by atoms with van der Waals surface area (Å²) in [6.45, 7) is 2.33. The molecular formula is C15H22Cl2N2. The molecule has 1 saturated carbocycles. The van der Waals surface area contributed by atoms with Crippen LogP contribution in [-0.4, -0.2) is 6.04 Å². The Morgan fingerprint density at radius 2 is 2.16 bits per heavy atom. The van der Waals surface area contributed by atoms with Crippen LogP contribution in [0.2, 0.25) is 10.0 Å². The van der Waals surface area contributed by atoms with Crippen LogP contribution < -0.4 is 11.3 Å². The molecule has 1 aromatic carbocycles. The van der Waals surface area contributed by atoms with Gasteiger partial charge in [0.15, 0.2) is 0 Å². The van der Waals surface area contributed by atoms with Crippen molar-refractivity contribution in [2.75, 3.05) is 0 Å². The Balaban J connectivity index is 2.08. The summed E-state index contributed by atoms with van der Waals surface area (Å²) in [5.41, 5.74) is 4.06. The van der Waals surface area contributed by atoms with Gasteiger partial charge in [-0.3, -0.25) is 11.3 Å². The molecule has 1 aliphatic carbocycles. The summed E-state index contributed by atoms with van der Waals surface area (Å²) in [6.07, 6.45) is 5.97. The first-order chi connectivity index (χ1) is 9.11. The summed E-state index contributed by atoms with van der Waals surface area (Å²) in [5, 5.41) is 1.28. The lowest BCUT2D eigenvalue weighted by atomic mass is 9.77. The third kappa shape index (κ3) is 3.85. The molecule has 0 amide bonds. The van der Waals surface area contributed by atoms with E-state index in [1.54, 1.807) is 0 Å². The van der Waals surface area contributed by atoms with Gasteiger partial charge in [0.1, 0.15) is 0 Å². The predicted octanol–water partition coefficient (Wildman–Crippen LogP) is 4.19. The zero-order valence-corrected chi connectivity index (χ0v) is 12.8. The zero-order valence-electron chi connectivity index (χ0n) is 11.3. The lowest BCUT2D eigenvalue weighted by Gasteiger charge is -2.33. The van der Waals surface area contributed by atoms with Crippen LogP contribution in [0.15, 0.2) is 18.2 Å². The van der Waals surface area contributed by atoms with Crippen LogP contribution in [0.25, 0.3) is 0 Å². The molecule has 3 atom stereocenters. The van der Waals surface area contributed by atoms with Crippen molar-refractivity contribution in [3.8, 4) is 0 Å². The molecule has 3 unspecified atom stereocenters. The van der Waals surface area contributed by atoms with E-state index >= 15 is 0 Å². The Bertz CT molecular complexity index is 423. The van der Waals surface area contributed by atoms with Gasteiger partial charge < -0.3 is 0 Å². The molecule has 3 N–H and O–H groups in total. The van der Waals surface area contributed by atoms with Crippen molar-refractivity contribution >= 4 is 23.2 Å². The minimum absolute atomic E-state index is 0.277. The Labute approximate surface area is 125 Å². The second-order valence-electron chi connectivity index (χ2n) is 5.72. The van der Waals surface area contributed by atoms with Gasteiger partial charge in [-0.05, 0) is 42.7 Å². The monoisotopic (exact) mass is 300 g/mol. The van der Waals surface area contributed by atoms with E-state index in [1.807, 2.05) is 18.2 Å². The quantitative estimate of drug-likeness (QED) is 0.646. The van der Waals surface area contributed by atoms with Gasteiger partial charge in [-0.2, -0.15) is 0 Å². The molecule has 0 saturated heterocycles. The van der Waals surface area contributed by atoms with Crippen molar-refractivity contribution in [1.29, 1.82) is 0 Å². The molecule has 2 rings (SSSR count). The second-order valence-corrected chi connectivity index (χ2v) is 6.51. The van der Waals surface area contributed by atoms with E-state index in [9.17, 15) is 0 Å².